The monoisotopic (exact) mass is 338 g/mol. The maximum absolute atomic E-state index is 12.6. The van der Waals surface area contributed by atoms with Gasteiger partial charge in [-0.25, -0.2) is 4.79 Å². The van der Waals surface area contributed by atoms with E-state index in [1.165, 1.54) is 7.11 Å². The van der Waals surface area contributed by atoms with Gasteiger partial charge < -0.3 is 19.8 Å². The minimum Gasteiger partial charge on any atom is -0.496 e. The third-order valence-corrected chi connectivity index (χ3v) is 3.76. The molecule has 0 unspecified atom stereocenters. The number of rotatable bonds is 5. The number of carbonyl (C=O) groups is 1. The van der Waals surface area contributed by atoms with Crippen molar-refractivity contribution in [1.29, 1.82) is 0 Å². The van der Waals surface area contributed by atoms with Gasteiger partial charge in [0.2, 0.25) is 0 Å². The molecule has 2 N–H and O–H groups in total. The van der Waals surface area contributed by atoms with Gasteiger partial charge in [-0.1, -0.05) is 24.3 Å². The lowest BCUT2D eigenvalue weighted by Gasteiger charge is -2.14. The highest BCUT2D eigenvalue weighted by Gasteiger charge is 2.19. The van der Waals surface area contributed by atoms with Crippen molar-refractivity contribution in [3.63, 3.8) is 0 Å². The fourth-order valence-electron chi connectivity index (χ4n) is 2.64. The van der Waals surface area contributed by atoms with E-state index in [-0.39, 0.29) is 5.69 Å². The van der Waals surface area contributed by atoms with Crippen LogP contribution in [0.1, 0.15) is 17.3 Å². The molecule has 6 nitrogen and oxygen atoms in total. The third-order valence-electron chi connectivity index (χ3n) is 3.76. The fraction of sp³-hybridized carbons (Fsp3) is 0.158. The lowest BCUT2D eigenvalue weighted by Crippen LogP contribution is -2.20. The molecule has 1 amide bonds. The molecule has 0 saturated carbocycles. The van der Waals surface area contributed by atoms with Gasteiger partial charge in [-0.3, -0.25) is 4.79 Å². The molecule has 0 bridgehead atoms. The number of para-hydroxylation sites is 2. The highest BCUT2D eigenvalue weighted by atomic mass is 16.5. The molecule has 0 atom stereocenters. The van der Waals surface area contributed by atoms with Gasteiger partial charge in [0.15, 0.2) is 5.69 Å². The van der Waals surface area contributed by atoms with Crippen molar-refractivity contribution < 1.29 is 13.9 Å². The van der Waals surface area contributed by atoms with Gasteiger partial charge >= 0.3 is 5.63 Å². The Labute approximate surface area is 144 Å². The van der Waals surface area contributed by atoms with Crippen molar-refractivity contribution in [3.8, 4) is 5.75 Å². The zero-order chi connectivity index (χ0) is 17.8. The van der Waals surface area contributed by atoms with Gasteiger partial charge in [-0.2, -0.15) is 0 Å². The predicted molar refractivity (Wildman–Crippen MR) is 97.6 cm³/mol. The molecule has 2 aromatic carbocycles. The summed E-state index contributed by atoms with van der Waals surface area (Å²) >= 11 is 0. The van der Waals surface area contributed by atoms with Crippen LogP contribution in [0.5, 0.6) is 5.75 Å². The van der Waals surface area contributed by atoms with Gasteiger partial charge in [-0.15, -0.1) is 0 Å². The van der Waals surface area contributed by atoms with Crippen LogP contribution in [-0.2, 0) is 0 Å². The Balaban J connectivity index is 2.09. The summed E-state index contributed by atoms with van der Waals surface area (Å²) in [6, 6.07) is 14.0. The van der Waals surface area contributed by atoms with Crippen LogP contribution >= 0.6 is 0 Å². The van der Waals surface area contributed by atoms with E-state index in [2.05, 4.69) is 10.6 Å². The Morgan fingerprint density at radius 1 is 1.08 bits per heavy atom. The van der Waals surface area contributed by atoms with Crippen LogP contribution < -0.4 is 21.0 Å². The van der Waals surface area contributed by atoms with Gasteiger partial charge in [-0.05, 0) is 31.2 Å². The normalized spacial score (nSPS) is 10.5. The Bertz CT molecular complexity index is 979. The van der Waals surface area contributed by atoms with E-state index in [1.807, 2.05) is 19.1 Å². The zero-order valence-electron chi connectivity index (χ0n) is 14.0. The number of anilines is 2. The van der Waals surface area contributed by atoms with Crippen LogP contribution in [0.25, 0.3) is 11.0 Å². The fourth-order valence-corrected chi connectivity index (χ4v) is 2.64. The molecule has 1 heterocycles. The molecule has 1 aromatic heterocycles. The summed E-state index contributed by atoms with van der Waals surface area (Å²) < 4.78 is 10.5. The minimum absolute atomic E-state index is 0.0801. The van der Waals surface area contributed by atoms with E-state index < -0.39 is 11.5 Å². The molecule has 25 heavy (non-hydrogen) atoms. The maximum atomic E-state index is 12.6. The first-order chi connectivity index (χ1) is 12.2. The van der Waals surface area contributed by atoms with Crippen LogP contribution in [0, 0.1) is 0 Å². The molecule has 0 radical (unpaired) electrons. The first kappa shape index (κ1) is 16.6. The van der Waals surface area contributed by atoms with Crippen LogP contribution in [0.15, 0.2) is 57.7 Å². The molecule has 0 saturated heterocycles. The van der Waals surface area contributed by atoms with E-state index in [9.17, 15) is 9.59 Å². The topological polar surface area (TPSA) is 80.6 Å². The van der Waals surface area contributed by atoms with Crippen molar-refractivity contribution in [2.75, 3.05) is 24.3 Å². The van der Waals surface area contributed by atoms with Gasteiger partial charge in [0.05, 0.1) is 18.4 Å². The quantitative estimate of drug-likeness (QED) is 0.696. The molecule has 3 aromatic rings. The first-order valence-electron chi connectivity index (χ1n) is 7.89. The summed E-state index contributed by atoms with van der Waals surface area (Å²) in [7, 11) is 1.49. The third kappa shape index (κ3) is 3.19. The van der Waals surface area contributed by atoms with E-state index >= 15 is 0 Å². The number of ether oxygens (including phenoxy) is 1. The molecule has 0 spiro atoms. The van der Waals surface area contributed by atoms with E-state index in [1.54, 1.807) is 36.4 Å². The SMILES string of the molecule is CCNc1c(NC(=O)c2ccccc2OC)c(=O)oc2ccccc12. The number of benzene rings is 2. The average molecular weight is 338 g/mol. The highest BCUT2D eigenvalue weighted by Crippen LogP contribution is 2.29. The zero-order valence-corrected chi connectivity index (χ0v) is 14.0. The summed E-state index contributed by atoms with van der Waals surface area (Å²) in [4.78, 5) is 25.0. The second-order valence-electron chi connectivity index (χ2n) is 5.32. The van der Waals surface area contributed by atoms with Crippen molar-refractivity contribution in [2.45, 2.75) is 6.92 Å². The van der Waals surface area contributed by atoms with E-state index in [4.69, 9.17) is 9.15 Å². The molecule has 3 rings (SSSR count). The highest BCUT2D eigenvalue weighted by molar-refractivity contribution is 6.09. The van der Waals surface area contributed by atoms with Gasteiger partial charge in [0.1, 0.15) is 11.3 Å². The number of fused-ring (bicyclic) bond motifs is 1. The molecule has 128 valence electrons. The van der Waals surface area contributed by atoms with Gasteiger partial charge in [0, 0.05) is 11.9 Å². The van der Waals surface area contributed by atoms with E-state index in [0.717, 1.165) is 5.39 Å². The Hall–Kier alpha value is -3.28. The van der Waals surface area contributed by atoms with E-state index in [0.29, 0.717) is 29.1 Å². The second kappa shape index (κ2) is 7.09. The second-order valence-corrected chi connectivity index (χ2v) is 5.32. The van der Waals surface area contributed by atoms with Crippen LogP contribution in [0.4, 0.5) is 11.4 Å². The Morgan fingerprint density at radius 3 is 2.56 bits per heavy atom. The number of hydrogen-bond donors (Lipinski definition) is 2. The minimum atomic E-state index is -0.613. The smallest absolute Gasteiger partial charge is 0.362 e. The van der Waals surface area contributed by atoms with Crippen LogP contribution in [0.3, 0.4) is 0 Å². The predicted octanol–water partition coefficient (Wildman–Crippen LogP) is 3.49. The number of carbonyl (C=O) groups excluding carboxylic acids is 1. The Kier molecular flexibility index (Phi) is 4.70. The number of nitrogens with one attached hydrogen (secondary N) is 2. The lowest BCUT2D eigenvalue weighted by atomic mass is 10.1. The van der Waals surface area contributed by atoms with Crippen LogP contribution in [0.2, 0.25) is 0 Å². The molecular formula is C19H18N2O4. The van der Waals surface area contributed by atoms with Gasteiger partial charge in [0.25, 0.3) is 5.91 Å². The molecule has 0 aliphatic heterocycles. The Morgan fingerprint density at radius 2 is 1.80 bits per heavy atom. The first-order valence-corrected chi connectivity index (χ1v) is 7.89. The number of methoxy groups -OCH3 is 1. The van der Waals surface area contributed by atoms with Crippen molar-refractivity contribution in [1.82, 2.24) is 0 Å². The number of amides is 1. The number of hydrogen-bond acceptors (Lipinski definition) is 5. The summed E-state index contributed by atoms with van der Waals surface area (Å²) in [5.41, 5.74) is 0.797. The van der Waals surface area contributed by atoms with Crippen LogP contribution in [-0.4, -0.2) is 19.6 Å². The molecule has 0 aliphatic rings. The molecule has 0 fully saturated rings. The average Bonchev–Trinajstić information content (AvgIpc) is 2.64. The van der Waals surface area contributed by atoms with Crippen molar-refractivity contribution >= 4 is 28.3 Å². The summed E-state index contributed by atoms with van der Waals surface area (Å²) in [6.07, 6.45) is 0. The molecule has 0 aliphatic carbocycles. The standard InChI is InChI=1S/C19H18N2O4/c1-3-20-16-12-8-4-7-11-15(12)25-19(23)17(16)21-18(22)13-9-5-6-10-14(13)24-2/h4-11,20H,3H2,1-2H3,(H,21,22). The van der Waals surface area contributed by atoms with Crippen molar-refractivity contribution in [2.24, 2.45) is 0 Å². The maximum Gasteiger partial charge on any atom is 0.362 e. The summed E-state index contributed by atoms with van der Waals surface area (Å²) in [6.45, 7) is 2.50. The molecule has 6 heteroatoms. The summed E-state index contributed by atoms with van der Waals surface area (Å²) in [5.74, 6) is -0.0191. The lowest BCUT2D eigenvalue weighted by molar-refractivity contribution is 0.102. The summed E-state index contributed by atoms with van der Waals surface area (Å²) in [5, 5.41) is 6.52. The largest absolute Gasteiger partial charge is 0.496 e. The van der Waals surface area contributed by atoms with Crippen molar-refractivity contribution in [3.05, 3.63) is 64.5 Å². The molecular weight excluding hydrogens is 320 g/mol.